The Morgan fingerprint density at radius 1 is 1.20 bits per heavy atom. The third kappa shape index (κ3) is 5.50. The van der Waals surface area contributed by atoms with Gasteiger partial charge in [-0.15, -0.1) is 11.3 Å². The Bertz CT molecular complexity index is 985. The molecular formula is C21H21F2N3O3S. The van der Waals surface area contributed by atoms with Crippen LogP contribution in [0.3, 0.4) is 0 Å². The molecule has 0 aliphatic heterocycles. The topological polar surface area (TPSA) is 75.4 Å². The summed E-state index contributed by atoms with van der Waals surface area (Å²) in [6, 6.07) is 7.35. The van der Waals surface area contributed by atoms with Crippen LogP contribution in [0.2, 0.25) is 0 Å². The maximum Gasteiger partial charge on any atom is 0.239 e. The van der Waals surface area contributed by atoms with Crippen LogP contribution in [0.5, 0.6) is 0 Å². The van der Waals surface area contributed by atoms with Crippen molar-refractivity contribution in [2.24, 2.45) is 0 Å². The minimum atomic E-state index is -0.750. The molecule has 2 amide bonds. The number of halogens is 2. The average molecular weight is 433 g/mol. The van der Waals surface area contributed by atoms with Gasteiger partial charge in [-0.1, -0.05) is 12.1 Å². The standard InChI is InChI=1S/C21H21F2N3O3S/c1-2-26(13-18(27)24-11-14-5-4-10-30-14)20(28)9-8-19-25-12-17(29-19)21-15(22)6-3-7-16(21)23/h3-7,10,12H,2,8-9,11,13H2,1H3,(H,24,27). The zero-order valence-electron chi connectivity index (χ0n) is 16.4. The van der Waals surface area contributed by atoms with Gasteiger partial charge in [-0.25, -0.2) is 13.8 Å². The lowest BCUT2D eigenvalue weighted by molar-refractivity contribution is -0.135. The molecule has 0 fully saturated rings. The zero-order valence-corrected chi connectivity index (χ0v) is 17.2. The number of benzene rings is 1. The van der Waals surface area contributed by atoms with Gasteiger partial charge in [0, 0.05) is 24.3 Å². The number of aryl methyl sites for hydroxylation is 1. The Balaban J connectivity index is 1.52. The molecule has 2 heterocycles. The molecule has 0 aliphatic carbocycles. The quantitative estimate of drug-likeness (QED) is 0.557. The first kappa shape index (κ1) is 21.6. The minimum absolute atomic E-state index is 0.0339. The molecule has 9 heteroatoms. The van der Waals surface area contributed by atoms with E-state index in [1.54, 1.807) is 18.3 Å². The molecule has 0 aliphatic rings. The number of carbonyl (C=O) groups excluding carboxylic acids is 2. The molecule has 30 heavy (non-hydrogen) atoms. The molecule has 0 radical (unpaired) electrons. The number of hydrogen-bond donors (Lipinski definition) is 1. The summed E-state index contributed by atoms with van der Waals surface area (Å²) in [7, 11) is 0. The fourth-order valence-corrected chi connectivity index (χ4v) is 3.50. The predicted molar refractivity (Wildman–Crippen MR) is 109 cm³/mol. The van der Waals surface area contributed by atoms with E-state index in [1.807, 2.05) is 17.5 Å². The summed E-state index contributed by atoms with van der Waals surface area (Å²) in [5.74, 6) is -1.82. The molecule has 0 unspecified atom stereocenters. The van der Waals surface area contributed by atoms with E-state index in [0.717, 1.165) is 17.0 Å². The Morgan fingerprint density at radius 3 is 2.63 bits per heavy atom. The van der Waals surface area contributed by atoms with E-state index in [2.05, 4.69) is 10.3 Å². The molecule has 0 saturated carbocycles. The molecule has 0 saturated heterocycles. The number of thiophene rings is 1. The van der Waals surface area contributed by atoms with Gasteiger partial charge in [0.1, 0.15) is 11.6 Å². The van der Waals surface area contributed by atoms with E-state index in [-0.39, 0.29) is 48.4 Å². The summed E-state index contributed by atoms with van der Waals surface area (Å²) >= 11 is 1.54. The Morgan fingerprint density at radius 2 is 1.97 bits per heavy atom. The van der Waals surface area contributed by atoms with Crippen molar-refractivity contribution in [3.05, 3.63) is 64.3 Å². The molecule has 158 valence electrons. The minimum Gasteiger partial charge on any atom is -0.441 e. The third-order valence-electron chi connectivity index (χ3n) is 4.42. The van der Waals surface area contributed by atoms with Crippen molar-refractivity contribution in [3.63, 3.8) is 0 Å². The van der Waals surface area contributed by atoms with Crippen molar-refractivity contribution in [1.82, 2.24) is 15.2 Å². The highest BCUT2D eigenvalue weighted by Crippen LogP contribution is 2.26. The highest BCUT2D eigenvalue weighted by molar-refractivity contribution is 7.09. The zero-order chi connectivity index (χ0) is 21.5. The first-order valence-electron chi connectivity index (χ1n) is 9.44. The molecule has 0 bridgehead atoms. The summed E-state index contributed by atoms with van der Waals surface area (Å²) in [6.07, 6.45) is 1.45. The first-order chi connectivity index (χ1) is 14.5. The van der Waals surface area contributed by atoms with Gasteiger partial charge in [0.2, 0.25) is 11.8 Å². The number of nitrogens with one attached hydrogen (secondary N) is 1. The van der Waals surface area contributed by atoms with Gasteiger partial charge in [-0.2, -0.15) is 0 Å². The smallest absolute Gasteiger partial charge is 0.239 e. The predicted octanol–water partition coefficient (Wildman–Crippen LogP) is 3.78. The maximum absolute atomic E-state index is 13.9. The van der Waals surface area contributed by atoms with Gasteiger partial charge in [0.25, 0.3) is 0 Å². The molecule has 6 nitrogen and oxygen atoms in total. The molecule has 1 aromatic carbocycles. The summed E-state index contributed by atoms with van der Waals surface area (Å²) < 4.78 is 33.1. The molecular weight excluding hydrogens is 412 g/mol. The molecule has 3 rings (SSSR count). The largest absolute Gasteiger partial charge is 0.441 e. The van der Waals surface area contributed by atoms with E-state index >= 15 is 0 Å². The number of rotatable bonds is 9. The van der Waals surface area contributed by atoms with Crippen LogP contribution in [0.1, 0.15) is 24.1 Å². The normalized spacial score (nSPS) is 10.8. The number of oxazole rings is 1. The number of amides is 2. The average Bonchev–Trinajstić information content (AvgIpc) is 3.41. The van der Waals surface area contributed by atoms with Crippen molar-refractivity contribution >= 4 is 23.2 Å². The van der Waals surface area contributed by atoms with E-state index in [9.17, 15) is 18.4 Å². The fraction of sp³-hybridized carbons (Fsp3) is 0.286. The van der Waals surface area contributed by atoms with E-state index < -0.39 is 11.6 Å². The van der Waals surface area contributed by atoms with Gasteiger partial charge in [-0.3, -0.25) is 9.59 Å². The van der Waals surface area contributed by atoms with Crippen molar-refractivity contribution in [2.75, 3.05) is 13.1 Å². The fourth-order valence-electron chi connectivity index (χ4n) is 2.85. The highest BCUT2D eigenvalue weighted by atomic mass is 32.1. The molecule has 1 N–H and O–H groups in total. The monoisotopic (exact) mass is 433 g/mol. The van der Waals surface area contributed by atoms with Crippen LogP contribution in [0, 0.1) is 11.6 Å². The van der Waals surface area contributed by atoms with E-state index in [0.29, 0.717) is 13.1 Å². The van der Waals surface area contributed by atoms with Gasteiger partial charge >= 0.3 is 0 Å². The summed E-state index contributed by atoms with van der Waals surface area (Å²) in [5, 5.41) is 4.71. The Labute approximate surface area is 176 Å². The number of likely N-dealkylation sites (N-methyl/N-ethyl adjacent to an activating group) is 1. The van der Waals surface area contributed by atoms with Gasteiger partial charge in [-0.05, 0) is 30.5 Å². The van der Waals surface area contributed by atoms with Crippen molar-refractivity contribution < 1.29 is 22.8 Å². The van der Waals surface area contributed by atoms with Gasteiger partial charge in [0.05, 0.1) is 24.8 Å². The lowest BCUT2D eigenvalue weighted by atomic mass is 10.1. The number of aromatic nitrogens is 1. The number of hydrogen-bond acceptors (Lipinski definition) is 5. The Hall–Kier alpha value is -3.07. The van der Waals surface area contributed by atoms with Crippen molar-refractivity contribution in [1.29, 1.82) is 0 Å². The second-order valence-electron chi connectivity index (χ2n) is 6.48. The number of nitrogens with zero attached hydrogens (tertiary/aromatic N) is 2. The molecule has 2 aromatic heterocycles. The van der Waals surface area contributed by atoms with Crippen LogP contribution in [0.4, 0.5) is 8.78 Å². The summed E-state index contributed by atoms with van der Waals surface area (Å²) in [4.78, 5) is 31.0. The SMILES string of the molecule is CCN(CC(=O)NCc1cccs1)C(=O)CCc1ncc(-c2c(F)cccc2F)o1. The third-order valence-corrected chi connectivity index (χ3v) is 5.30. The van der Waals surface area contributed by atoms with E-state index in [4.69, 9.17) is 4.42 Å². The van der Waals surface area contributed by atoms with Crippen LogP contribution < -0.4 is 5.32 Å². The van der Waals surface area contributed by atoms with Gasteiger partial charge in [0.15, 0.2) is 11.7 Å². The van der Waals surface area contributed by atoms with Crippen LogP contribution in [0.25, 0.3) is 11.3 Å². The Kier molecular flexibility index (Phi) is 7.29. The van der Waals surface area contributed by atoms with Crippen molar-refractivity contribution in [3.8, 4) is 11.3 Å². The van der Waals surface area contributed by atoms with Crippen LogP contribution in [-0.2, 0) is 22.6 Å². The molecule has 0 atom stereocenters. The van der Waals surface area contributed by atoms with Crippen LogP contribution >= 0.6 is 11.3 Å². The summed E-state index contributed by atoms with van der Waals surface area (Å²) in [5.41, 5.74) is -0.292. The van der Waals surface area contributed by atoms with Crippen LogP contribution in [-0.4, -0.2) is 34.8 Å². The molecule has 0 spiro atoms. The lowest BCUT2D eigenvalue weighted by Gasteiger charge is -2.20. The second-order valence-corrected chi connectivity index (χ2v) is 7.51. The van der Waals surface area contributed by atoms with E-state index in [1.165, 1.54) is 17.2 Å². The van der Waals surface area contributed by atoms with Crippen molar-refractivity contribution in [2.45, 2.75) is 26.3 Å². The first-order valence-corrected chi connectivity index (χ1v) is 10.3. The lowest BCUT2D eigenvalue weighted by Crippen LogP contribution is -2.40. The molecule has 3 aromatic rings. The van der Waals surface area contributed by atoms with Gasteiger partial charge < -0.3 is 14.6 Å². The maximum atomic E-state index is 13.9. The second kappa shape index (κ2) is 10.1. The summed E-state index contributed by atoms with van der Waals surface area (Å²) in [6.45, 7) is 2.54. The van der Waals surface area contributed by atoms with Crippen LogP contribution in [0.15, 0.2) is 46.3 Å². The highest BCUT2D eigenvalue weighted by Gasteiger charge is 2.19. The number of carbonyl (C=O) groups is 2.